The molecule has 1 rings (SSSR count). The number of carbonyl (C=O) groups excluding carboxylic acids is 1. The number of carboxylic acids is 1. The van der Waals surface area contributed by atoms with Gasteiger partial charge >= 0.3 is 5.97 Å². The molecule has 1 fully saturated rings. The Balaban J connectivity index is 2.01. The largest absolute Gasteiger partial charge is 0.481 e. The second-order valence-electron chi connectivity index (χ2n) is 3.55. The number of carboxylic acid groups (broad SMARTS) is 1. The fourth-order valence-electron chi connectivity index (χ4n) is 1.37. The van der Waals surface area contributed by atoms with Gasteiger partial charge in [0.1, 0.15) is 0 Å². The van der Waals surface area contributed by atoms with Gasteiger partial charge < -0.3 is 15.1 Å². The summed E-state index contributed by atoms with van der Waals surface area (Å²) in [4.78, 5) is 23.0. The Bertz CT molecular complexity index is 223. The van der Waals surface area contributed by atoms with E-state index in [1.807, 2.05) is 0 Å². The molecular formula is C9H15NO4. The minimum Gasteiger partial charge on any atom is -0.481 e. The van der Waals surface area contributed by atoms with E-state index in [4.69, 9.17) is 10.2 Å². The van der Waals surface area contributed by atoms with Gasteiger partial charge in [0.25, 0.3) is 0 Å². The third-order valence-corrected chi connectivity index (χ3v) is 2.25. The summed E-state index contributed by atoms with van der Waals surface area (Å²) in [5.41, 5.74) is 0. The van der Waals surface area contributed by atoms with Gasteiger partial charge in [-0.3, -0.25) is 9.59 Å². The maximum Gasteiger partial charge on any atom is 0.303 e. The van der Waals surface area contributed by atoms with Crippen LogP contribution in [-0.2, 0) is 9.59 Å². The molecule has 0 radical (unpaired) electrons. The predicted octanol–water partition coefficient (Wildman–Crippen LogP) is -0.165. The van der Waals surface area contributed by atoms with Gasteiger partial charge in [-0.05, 0) is 12.8 Å². The summed E-state index contributed by atoms with van der Waals surface area (Å²) < 4.78 is 0. The zero-order chi connectivity index (χ0) is 10.6. The standard InChI is InChI=1S/C9H15NO4/c11-7-5-10(6-7)8(12)3-1-2-4-9(13)14/h7,11H,1-6H2,(H,13,14). The molecule has 0 aliphatic carbocycles. The molecule has 80 valence electrons. The Hall–Kier alpha value is -1.10. The lowest BCUT2D eigenvalue weighted by molar-refractivity contribution is -0.142. The highest BCUT2D eigenvalue weighted by molar-refractivity contribution is 5.77. The number of rotatable bonds is 5. The molecule has 0 aromatic carbocycles. The molecule has 1 aliphatic heterocycles. The summed E-state index contributed by atoms with van der Waals surface area (Å²) in [6.07, 6.45) is 1.29. The zero-order valence-corrected chi connectivity index (χ0v) is 7.98. The van der Waals surface area contributed by atoms with Crippen molar-refractivity contribution in [3.8, 4) is 0 Å². The average Bonchev–Trinajstić information content (AvgIpc) is 2.06. The van der Waals surface area contributed by atoms with Gasteiger partial charge in [0, 0.05) is 25.9 Å². The van der Waals surface area contributed by atoms with Gasteiger partial charge in [-0.2, -0.15) is 0 Å². The van der Waals surface area contributed by atoms with Crippen molar-refractivity contribution in [2.75, 3.05) is 13.1 Å². The van der Waals surface area contributed by atoms with Gasteiger partial charge in [-0.1, -0.05) is 0 Å². The number of nitrogens with zero attached hydrogens (tertiary/aromatic N) is 1. The first kappa shape index (κ1) is 11.0. The van der Waals surface area contributed by atoms with Gasteiger partial charge in [-0.15, -0.1) is 0 Å². The van der Waals surface area contributed by atoms with Crippen LogP contribution in [0.15, 0.2) is 0 Å². The van der Waals surface area contributed by atoms with E-state index in [1.54, 1.807) is 4.90 Å². The average molecular weight is 201 g/mol. The van der Waals surface area contributed by atoms with Crippen molar-refractivity contribution < 1.29 is 19.8 Å². The third-order valence-electron chi connectivity index (χ3n) is 2.25. The molecule has 2 N–H and O–H groups in total. The van der Waals surface area contributed by atoms with E-state index in [-0.39, 0.29) is 18.4 Å². The number of β-amino-alcohol motifs (C(OH)–C–C–N with tert-alkyl or cyclic N) is 1. The highest BCUT2D eigenvalue weighted by Gasteiger charge is 2.27. The highest BCUT2D eigenvalue weighted by atomic mass is 16.4. The maximum absolute atomic E-state index is 11.3. The normalized spacial score (nSPS) is 16.5. The van der Waals surface area contributed by atoms with Crippen molar-refractivity contribution in [1.82, 2.24) is 4.90 Å². The van der Waals surface area contributed by atoms with E-state index >= 15 is 0 Å². The second kappa shape index (κ2) is 4.95. The van der Waals surface area contributed by atoms with Crippen LogP contribution in [0.5, 0.6) is 0 Å². The van der Waals surface area contributed by atoms with Crippen molar-refractivity contribution in [1.29, 1.82) is 0 Å². The minimum absolute atomic E-state index is 0.0145. The summed E-state index contributed by atoms with van der Waals surface area (Å²) >= 11 is 0. The number of aliphatic carboxylic acids is 1. The van der Waals surface area contributed by atoms with Crippen molar-refractivity contribution in [3.05, 3.63) is 0 Å². The molecule has 0 spiro atoms. The lowest BCUT2D eigenvalue weighted by Crippen LogP contribution is -2.53. The molecule has 1 amide bonds. The number of aliphatic hydroxyl groups excluding tert-OH is 1. The number of hydrogen-bond acceptors (Lipinski definition) is 3. The number of carbonyl (C=O) groups is 2. The number of aliphatic hydroxyl groups is 1. The number of hydrogen-bond donors (Lipinski definition) is 2. The SMILES string of the molecule is O=C(O)CCCCC(=O)N1CC(O)C1. The first-order chi connectivity index (χ1) is 6.59. The van der Waals surface area contributed by atoms with E-state index in [0.717, 1.165) is 0 Å². The molecule has 1 saturated heterocycles. The van der Waals surface area contributed by atoms with Crippen LogP contribution in [-0.4, -0.2) is 46.2 Å². The Morgan fingerprint density at radius 3 is 2.29 bits per heavy atom. The van der Waals surface area contributed by atoms with E-state index < -0.39 is 5.97 Å². The van der Waals surface area contributed by atoms with E-state index in [1.165, 1.54) is 0 Å². The summed E-state index contributed by atoms with van der Waals surface area (Å²) in [6.45, 7) is 0.857. The number of amides is 1. The van der Waals surface area contributed by atoms with Crippen molar-refractivity contribution in [2.45, 2.75) is 31.8 Å². The zero-order valence-electron chi connectivity index (χ0n) is 7.98. The van der Waals surface area contributed by atoms with E-state index in [2.05, 4.69) is 0 Å². The van der Waals surface area contributed by atoms with E-state index in [9.17, 15) is 9.59 Å². The molecule has 0 bridgehead atoms. The fourth-order valence-corrected chi connectivity index (χ4v) is 1.37. The van der Waals surface area contributed by atoms with Gasteiger partial charge in [0.2, 0.25) is 5.91 Å². The van der Waals surface area contributed by atoms with Crippen LogP contribution in [0, 0.1) is 0 Å². The predicted molar refractivity (Wildman–Crippen MR) is 48.7 cm³/mol. The van der Waals surface area contributed by atoms with Crippen LogP contribution in [0.1, 0.15) is 25.7 Å². The lowest BCUT2D eigenvalue weighted by Gasteiger charge is -2.35. The van der Waals surface area contributed by atoms with Crippen LogP contribution in [0.4, 0.5) is 0 Å². The smallest absolute Gasteiger partial charge is 0.303 e. The summed E-state index contributed by atoms with van der Waals surface area (Å²) in [5, 5.41) is 17.3. The molecular weight excluding hydrogens is 186 g/mol. The van der Waals surface area contributed by atoms with Gasteiger partial charge in [0.05, 0.1) is 6.10 Å². The molecule has 0 aromatic rings. The highest BCUT2D eigenvalue weighted by Crippen LogP contribution is 2.11. The van der Waals surface area contributed by atoms with Crippen LogP contribution < -0.4 is 0 Å². The monoisotopic (exact) mass is 201 g/mol. The molecule has 5 heteroatoms. The topological polar surface area (TPSA) is 77.8 Å². The van der Waals surface area contributed by atoms with Crippen molar-refractivity contribution in [3.63, 3.8) is 0 Å². The molecule has 14 heavy (non-hydrogen) atoms. The van der Waals surface area contributed by atoms with Crippen molar-refractivity contribution >= 4 is 11.9 Å². The minimum atomic E-state index is -0.822. The first-order valence-corrected chi connectivity index (χ1v) is 4.77. The molecule has 1 heterocycles. The molecule has 0 saturated carbocycles. The summed E-state index contributed by atoms with van der Waals surface area (Å²) in [5.74, 6) is -0.808. The van der Waals surface area contributed by atoms with Gasteiger partial charge in [0.15, 0.2) is 0 Å². The van der Waals surface area contributed by atoms with Crippen LogP contribution in [0.2, 0.25) is 0 Å². The number of likely N-dealkylation sites (tertiary alicyclic amines) is 1. The Morgan fingerprint density at radius 1 is 1.21 bits per heavy atom. The van der Waals surface area contributed by atoms with Crippen LogP contribution in [0.25, 0.3) is 0 Å². The molecule has 0 aromatic heterocycles. The first-order valence-electron chi connectivity index (χ1n) is 4.77. The molecule has 1 aliphatic rings. The van der Waals surface area contributed by atoms with Crippen molar-refractivity contribution in [2.24, 2.45) is 0 Å². The van der Waals surface area contributed by atoms with Crippen LogP contribution in [0.3, 0.4) is 0 Å². The Kier molecular flexibility index (Phi) is 3.88. The quantitative estimate of drug-likeness (QED) is 0.605. The third kappa shape index (κ3) is 3.33. The lowest BCUT2D eigenvalue weighted by atomic mass is 10.1. The Labute approximate surface area is 82.3 Å². The summed E-state index contributed by atoms with van der Waals surface area (Å²) in [6, 6.07) is 0. The second-order valence-corrected chi connectivity index (χ2v) is 3.55. The molecule has 5 nitrogen and oxygen atoms in total. The number of unbranched alkanes of at least 4 members (excludes halogenated alkanes) is 1. The molecule has 0 unspecified atom stereocenters. The van der Waals surface area contributed by atoms with Crippen LogP contribution >= 0.6 is 0 Å². The van der Waals surface area contributed by atoms with E-state index in [0.29, 0.717) is 32.4 Å². The van der Waals surface area contributed by atoms with Gasteiger partial charge in [-0.25, -0.2) is 0 Å². The summed E-state index contributed by atoms with van der Waals surface area (Å²) in [7, 11) is 0. The fraction of sp³-hybridized carbons (Fsp3) is 0.778. The Morgan fingerprint density at radius 2 is 1.79 bits per heavy atom. The maximum atomic E-state index is 11.3. The molecule has 0 atom stereocenters.